The van der Waals surface area contributed by atoms with Gasteiger partial charge in [0.15, 0.2) is 6.61 Å². The zero-order valence-corrected chi connectivity index (χ0v) is 12.9. The highest BCUT2D eigenvalue weighted by atomic mass is 16.5. The van der Waals surface area contributed by atoms with Gasteiger partial charge in [0.1, 0.15) is 5.75 Å². The van der Waals surface area contributed by atoms with E-state index >= 15 is 0 Å². The molecule has 0 spiro atoms. The third kappa shape index (κ3) is 4.19. The van der Waals surface area contributed by atoms with E-state index in [9.17, 15) is 4.79 Å². The maximum Gasteiger partial charge on any atom is 0.258 e. The first-order chi connectivity index (χ1) is 10.1. The van der Waals surface area contributed by atoms with Crippen molar-refractivity contribution in [1.82, 2.24) is 10.6 Å². The Morgan fingerprint density at radius 2 is 2.29 bits per heavy atom. The van der Waals surface area contributed by atoms with Gasteiger partial charge in [-0.25, -0.2) is 0 Å². The Kier molecular flexibility index (Phi) is 5.59. The number of rotatable bonds is 7. The van der Waals surface area contributed by atoms with Crippen LogP contribution in [0.25, 0.3) is 0 Å². The molecule has 5 nitrogen and oxygen atoms in total. The van der Waals surface area contributed by atoms with Crippen LogP contribution < -0.4 is 15.4 Å². The van der Waals surface area contributed by atoms with E-state index in [1.807, 2.05) is 26.1 Å². The quantitative estimate of drug-likeness (QED) is 0.798. The second kappa shape index (κ2) is 7.43. The molecule has 2 unspecified atom stereocenters. The highest BCUT2D eigenvalue weighted by molar-refractivity contribution is 5.77. The molecule has 1 aromatic rings. The van der Waals surface area contributed by atoms with Crippen LogP contribution in [0.15, 0.2) is 18.2 Å². The molecule has 5 heteroatoms. The number of hydrogen-bond donors (Lipinski definition) is 2. The molecule has 2 atom stereocenters. The first-order valence-electron chi connectivity index (χ1n) is 7.35. The largest absolute Gasteiger partial charge is 0.484 e. The summed E-state index contributed by atoms with van der Waals surface area (Å²) in [5.74, 6) is 0.619. The molecule has 1 aliphatic rings. The minimum Gasteiger partial charge on any atom is -0.484 e. The van der Waals surface area contributed by atoms with Crippen LogP contribution >= 0.6 is 0 Å². The van der Waals surface area contributed by atoms with Gasteiger partial charge < -0.3 is 20.1 Å². The fraction of sp³-hybridized carbons (Fsp3) is 0.562. The SMILES string of the molecule is CNC1CCc2cc(OCC(=O)NC(C)COC)ccc21. The van der Waals surface area contributed by atoms with Crippen LogP contribution in [0.1, 0.15) is 30.5 Å². The molecule has 1 aromatic carbocycles. The van der Waals surface area contributed by atoms with Crippen molar-refractivity contribution in [1.29, 1.82) is 0 Å². The molecule has 0 saturated carbocycles. The summed E-state index contributed by atoms with van der Waals surface area (Å²) in [6.07, 6.45) is 2.17. The highest BCUT2D eigenvalue weighted by Crippen LogP contribution is 2.33. The summed E-state index contributed by atoms with van der Waals surface area (Å²) in [7, 11) is 3.60. The molecule has 0 saturated heterocycles. The lowest BCUT2D eigenvalue weighted by molar-refractivity contribution is -0.124. The fourth-order valence-electron chi connectivity index (χ4n) is 2.74. The maximum atomic E-state index is 11.7. The molecule has 2 rings (SSSR count). The number of amides is 1. The van der Waals surface area contributed by atoms with Crippen molar-refractivity contribution in [3.05, 3.63) is 29.3 Å². The second-order valence-corrected chi connectivity index (χ2v) is 5.45. The zero-order chi connectivity index (χ0) is 15.2. The van der Waals surface area contributed by atoms with Crippen LogP contribution in [0.5, 0.6) is 5.75 Å². The van der Waals surface area contributed by atoms with Crippen LogP contribution in [0.2, 0.25) is 0 Å². The number of ether oxygens (including phenoxy) is 2. The molecule has 0 bridgehead atoms. The molecule has 0 aliphatic heterocycles. The Morgan fingerprint density at radius 3 is 3.00 bits per heavy atom. The van der Waals surface area contributed by atoms with Crippen LogP contribution in [0.4, 0.5) is 0 Å². The average Bonchev–Trinajstić information content (AvgIpc) is 2.87. The second-order valence-electron chi connectivity index (χ2n) is 5.45. The van der Waals surface area contributed by atoms with Crippen molar-refractivity contribution in [3.63, 3.8) is 0 Å². The molecule has 116 valence electrons. The molecule has 2 N–H and O–H groups in total. The Morgan fingerprint density at radius 1 is 1.48 bits per heavy atom. The monoisotopic (exact) mass is 292 g/mol. The van der Waals surface area contributed by atoms with Gasteiger partial charge in [0, 0.05) is 19.2 Å². The standard InChI is InChI=1S/C16H24N2O3/c1-11(9-20-3)18-16(19)10-21-13-5-6-14-12(8-13)4-7-15(14)17-2/h5-6,8,11,15,17H,4,7,9-10H2,1-3H3,(H,18,19). The van der Waals surface area contributed by atoms with Gasteiger partial charge in [0.2, 0.25) is 0 Å². The zero-order valence-electron chi connectivity index (χ0n) is 12.9. The predicted octanol–water partition coefficient (Wildman–Crippen LogP) is 1.42. The summed E-state index contributed by atoms with van der Waals surface area (Å²) in [5, 5.41) is 6.13. The third-order valence-corrected chi connectivity index (χ3v) is 3.73. The summed E-state index contributed by atoms with van der Waals surface area (Å²) >= 11 is 0. The van der Waals surface area contributed by atoms with Gasteiger partial charge in [0.25, 0.3) is 5.91 Å². The minimum atomic E-state index is -0.131. The number of methoxy groups -OCH3 is 1. The summed E-state index contributed by atoms with van der Waals surface area (Å²) in [6, 6.07) is 6.48. The van der Waals surface area contributed by atoms with E-state index in [2.05, 4.69) is 16.7 Å². The topological polar surface area (TPSA) is 59.6 Å². The van der Waals surface area contributed by atoms with Crippen LogP contribution in [-0.2, 0) is 16.0 Å². The Hall–Kier alpha value is -1.59. The number of hydrogen-bond acceptors (Lipinski definition) is 4. The Labute approximate surface area is 126 Å². The smallest absolute Gasteiger partial charge is 0.258 e. The van der Waals surface area contributed by atoms with E-state index in [0.717, 1.165) is 18.6 Å². The van der Waals surface area contributed by atoms with E-state index in [-0.39, 0.29) is 18.6 Å². The van der Waals surface area contributed by atoms with Crippen molar-refractivity contribution in [2.75, 3.05) is 27.4 Å². The molecular weight excluding hydrogens is 268 g/mol. The summed E-state index contributed by atoms with van der Waals surface area (Å²) in [5.41, 5.74) is 2.64. The minimum absolute atomic E-state index is 0.0116. The van der Waals surface area contributed by atoms with Gasteiger partial charge >= 0.3 is 0 Å². The van der Waals surface area contributed by atoms with E-state index in [1.165, 1.54) is 11.1 Å². The van der Waals surface area contributed by atoms with Gasteiger partial charge in [-0.2, -0.15) is 0 Å². The predicted molar refractivity (Wildman–Crippen MR) is 81.5 cm³/mol. The van der Waals surface area contributed by atoms with E-state index in [0.29, 0.717) is 12.6 Å². The Balaban J connectivity index is 1.86. The van der Waals surface area contributed by atoms with Crippen LogP contribution in [-0.4, -0.2) is 39.3 Å². The van der Waals surface area contributed by atoms with Gasteiger partial charge in [-0.1, -0.05) is 6.07 Å². The fourth-order valence-corrected chi connectivity index (χ4v) is 2.74. The number of aryl methyl sites for hydroxylation is 1. The first-order valence-corrected chi connectivity index (χ1v) is 7.35. The third-order valence-electron chi connectivity index (χ3n) is 3.73. The molecule has 0 aromatic heterocycles. The van der Waals surface area contributed by atoms with Crippen molar-refractivity contribution < 1.29 is 14.3 Å². The molecular formula is C16H24N2O3. The lowest BCUT2D eigenvalue weighted by atomic mass is 10.1. The molecule has 1 amide bonds. The van der Waals surface area contributed by atoms with Gasteiger partial charge in [0.05, 0.1) is 6.61 Å². The molecule has 0 fully saturated rings. The lowest BCUT2D eigenvalue weighted by Crippen LogP contribution is -2.38. The van der Waals surface area contributed by atoms with Gasteiger partial charge in [-0.3, -0.25) is 4.79 Å². The summed E-state index contributed by atoms with van der Waals surface area (Å²) < 4.78 is 10.5. The average molecular weight is 292 g/mol. The number of benzene rings is 1. The van der Waals surface area contributed by atoms with Gasteiger partial charge in [-0.15, -0.1) is 0 Å². The molecule has 0 heterocycles. The van der Waals surface area contributed by atoms with E-state index < -0.39 is 0 Å². The normalized spacial score (nSPS) is 18.1. The molecule has 21 heavy (non-hydrogen) atoms. The van der Waals surface area contributed by atoms with E-state index in [1.54, 1.807) is 7.11 Å². The van der Waals surface area contributed by atoms with Crippen molar-refractivity contribution in [2.24, 2.45) is 0 Å². The number of nitrogens with one attached hydrogen (secondary N) is 2. The van der Waals surface area contributed by atoms with Crippen LogP contribution in [0, 0.1) is 0 Å². The highest BCUT2D eigenvalue weighted by Gasteiger charge is 2.21. The van der Waals surface area contributed by atoms with Gasteiger partial charge in [-0.05, 0) is 50.1 Å². The van der Waals surface area contributed by atoms with E-state index in [4.69, 9.17) is 9.47 Å². The van der Waals surface area contributed by atoms with Crippen molar-refractivity contribution in [3.8, 4) is 5.75 Å². The Bertz CT molecular complexity index is 490. The van der Waals surface area contributed by atoms with Crippen LogP contribution in [0.3, 0.4) is 0 Å². The summed E-state index contributed by atoms with van der Waals surface area (Å²) in [6.45, 7) is 2.42. The van der Waals surface area contributed by atoms with Crippen molar-refractivity contribution >= 4 is 5.91 Å². The molecule has 0 radical (unpaired) electrons. The van der Waals surface area contributed by atoms with Crippen molar-refractivity contribution in [2.45, 2.75) is 31.8 Å². The number of carbonyl (C=O) groups excluding carboxylic acids is 1. The lowest BCUT2D eigenvalue weighted by Gasteiger charge is -2.14. The number of carbonyl (C=O) groups is 1. The maximum absolute atomic E-state index is 11.7. The number of fused-ring (bicyclic) bond motifs is 1. The molecule has 1 aliphatic carbocycles. The summed E-state index contributed by atoms with van der Waals surface area (Å²) in [4.78, 5) is 11.7. The first kappa shape index (κ1) is 15.8.